The first kappa shape index (κ1) is 30.7. The number of ether oxygens (including phenoxy) is 4. The van der Waals surface area contributed by atoms with Crippen molar-refractivity contribution in [1.29, 1.82) is 0 Å². The van der Waals surface area contributed by atoms with Crippen LogP contribution in [-0.2, 0) is 14.2 Å². The Kier molecular flexibility index (Phi) is 11.3. The first-order valence-corrected chi connectivity index (χ1v) is 14.7. The predicted molar refractivity (Wildman–Crippen MR) is 173 cm³/mol. The van der Waals surface area contributed by atoms with Gasteiger partial charge in [-0.05, 0) is 64.0 Å². The molecule has 5 rings (SSSR count). The van der Waals surface area contributed by atoms with E-state index < -0.39 is 0 Å². The van der Waals surface area contributed by atoms with Gasteiger partial charge in [0.15, 0.2) is 0 Å². The average Bonchev–Trinajstić information content (AvgIpc) is 3.06. The van der Waals surface area contributed by atoms with E-state index >= 15 is 0 Å². The van der Waals surface area contributed by atoms with E-state index in [0.29, 0.717) is 75.4 Å². The monoisotopic (exact) mass is 592 g/mol. The van der Waals surface area contributed by atoms with Gasteiger partial charge in [0.2, 0.25) is 0 Å². The Labute approximate surface area is 256 Å². The highest BCUT2D eigenvalue weighted by Crippen LogP contribution is 2.28. The van der Waals surface area contributed by atoms with Gasteiger partial charge in [0.05, 0.1) is 45.3 Å². The van der Waals surface area contributed by atoms with E-state index in [2.05, 4.69) is 28.8 Å². The normalized spacial score (nSPS) is 11.0. The van der Waals surface area contributed by atoms with Crippen LogP contribution in [0.4, 0.5) is 5.69 Å². The Morgan fingerprint density at radius 1 is 0.545 bits per heavy atom. The molecule has 0 bridgehead atoms. The summed E-state index contributed by atoms with van der Waals surface area (Å²) in [5.74, 6) is 0.259. The topological polar surface area (TPSA) is 95.1 Å². The minimum absolute atomic E-state index is 0.116. The summed E-state index contributed by atoms with van der Waals surface area (Å²) in [6, 6.07) is 34.5. The second kappa shape index (κ2) is 16.2. The second-order valence-electron chi connectivity index (χ2n) is 9.98. The predicted octanol–water partition coefficient (Wildman–Crippen LogP) is 6.10. The lowest BCUT2D eigenvalue weighted by atomic mass is 9.99. The highest BCUT2D eigenvalue weighted by Gasteiger charge is 2.13. The van der Waals surface area contributed by atoms with Crippen molar-refractivity contribution in [1.82, 2.24) is 5.32 Å². The van der Waals surface area contributed by atoms with E-state index in [4.69, 9.17) is 18.9 Å². The third-order valence-electron chi connectivity index (χ3n) is 6.92. The lowest BCUT2D eigenvalue weighted by Gasteiger charge is -2.14. The van der Waals surface area contributed by atoms with Crippen LogP contribution >= 0.6 is 0 Å². The summed E-state index contributed by atoms with van der Waals surface area (Å²) in [5, 5.41) is 9.97. The molecule has 0 spiro atoms. The molecule has 0 aliphatic rings. The fraction of sp³-hybridized carbons (Fsp3) is 0.222. The van der Waals surface area contributed by atoms with Crippen LogP contribution in [0.25, 0.3) is 21.5 Å². The van der Waals surface area contributed by atoms with Gasteiger partial charge in [-0.25, -0.2) is 0 Å². The van der Waals surface area contributed by atoms with Crippen molar-refractivity contribution in [2.45, 2.75) is 0 Å². The smallest absolute Gasteiger partial charge is 0.256 e. The maximum absolute atomic E-state index is 13.3. The number of anilines is 1. The van der Waals surface area contributed by atoms with Crippen molar-refractivity contribution >= 4 is 39.0 Å². The molecule has 0 fully saturated rings. The molecule has 5 aromatic rings. The zero-order valence-corrected chi connectivity index (χ0v) is 24.5. The van der Waals surface area contributed by atoms with Crippen molar-refractivity contribution in [3.05, 3.63) is 120 Å². The summed E-state index contributed by atoms with van der Waals surface area (Å²) >= 11 is 0. The van der Waals surface area contributed by atoms with Gasteiger partial charge in [-0.15, -0.1) is 0 Å². The maximum atomic E-state index is 13.3. The molecule has 0 radical (unpaired) electrons. The van der Waals surface area contributed by atoms with Crippen LogP contribution in [0.1, 0.15) is 20.7 Å². The van der Waals surface area contributed by atoms with E-state index in [9.17, 15) is 9.59 Å². The zero-order chi connectivity index (χ0) is 30.4. The van der Waals surface area contributed by atoms with Crippen molar-refractivity contribution in [2.75, 3.05) is 58.1 Å². The van der Waals surface area contributed by atoms with Crippen LogP contribution in [0.15, 0.2) is 109 Å². The Morgan fingerprint density at radius 2 is 1.16 bits per heavy atom. The molecule has 0 saturated heterocycles. The minimum atomic E-state index is -0.198. The molecule has 5 aromatic carbocycles. The van der Waals surface area contributed by atoms with Crippen LogP contribution in [0.2, 0.25) is 0 Å². The van der Waals surface area contributed by atoms with Gasteiger partial charge in [0.1, 0.15) is 12.4 Å². The number of fused-ring (bicyclic) bond motifs is 2. The maximum Gasteiger partial charge on any atom is 0.256 e. The first-order chi connectivity index (χ1) is 21.7. The standard InChI is InChI=1S/C36H36N2O6/c39-35(27-9-2-1-3-10-27)37-17-18-41-19-20-42-21-22-43-23-24-44-34-16-7-6-15-33(34)38-36(40)31-14-8-13-30-25-28-11-4-5-12-29(28)26-32(30)31/h1-16,25-26H,17-24H2,(H,37,39)(H,38,40). The molecule has 2 N–H and O–H groups in total. The Hall–Kier alpha value is -4.76. The molecule has 8 nitrogen and oxygen atoms in total. The van der Waals surface area contributed by atoms with Gasteiger partial charge < -0.3 is 29.6 Å². The lowest BCUT2D eigenvalue weighted by Crippen LogP contribution is -2.27. The van der Waals surface area contributed by atoms with E-state index in [1.54, 1.807) is 12.1 Å². The van der Waals surface area contributed by atoms with Gasteiger partial charge >= 0.3 is 0 Å². The SMILES string of the molecule is O=C(NCCOCCOCCOCCOc1ccccc1NC(=O)c1cccc2cc3ccccc3cc12)c1ccccc1. The Balaban J connectivity index is 0.973. The molecule has 226 valence electrons. The van der Waals surface area contributed by atoms with Gasteiger partial charge in [0.25, 0.3) is 11.8 Å². The number of rotatable bonds is 16. The Bertz CT molecular complexity index is 1670. The molecule has 0 unspecified atom stereocenters. The second-order valence-corrected chi connectivity index (χ2v) is 9.98. The molecular formula is C36H36N2O6. The number of carbonyl (C=O) groups excluding carboxylic acids is 2. The Morgan fingerprint density at radius 3 is 1.93 bits per heavy atom. The fourth-order valence-corrected chi connectivity index (χ4v) is 4.73. The molecule has 0 heterocycles. The number of hydrogen-bond acceptors (Lipinski definition) is 6. The molecule has 2 amide bonds. The van der Waals surface area contributed by atoms with Crippen molar-refractivity contribution in [3.63, 3.8) is 0 Å². The molecule has 8 heteroatoms. The summed E-state index contributed by atoms with van der Waals surface area (Å²) in [6.07, 6.45) is 0. The number of carbonyl (C=O) groups is 2. The van der Waals surface area contributed by atoms with E-state index in [1.165, 1.54) is 0 Å². The third kappa shape index (κ3) is 8.64. The van der Waals surface area contributed by atoms with Gasteiger partial charge in [0, 0.05) is 17.7 Å². The molecule has 0 atom stereocenters. The summed E-state index contributed by atoms with van der Waals surface area (Å²) in [5.41, 5.74) is 1.83. The van der Waals surface area contributed by atoms with E-state index in [-0.39, 0.29) is 11.8 Å². The number of nitrogens with one attached hydrogen (secondary N) is 2. The van der Waals surface area contributed by atoms with Gasteiger partial charge in [-0.3, -0.25) is 9.59 Å². The summed E-state index contributed by atoms with van der Waals surface area (Å²) in [4.78, 5) is 25.3. The number of amides is 2. The quantitative estimate of drug-likeness (QED) is 0.106. The van der Waals surface area contributed by atoms with Crippen LogP contribution < -0.4 is 15.4 Å². The van der Waals surface area contributed by atoms with Crippen molar-refractivity contribution < 1.29 is 28.5 Å². The van der Waals surface area contributed by atoms with Crippen LogP contribution in [-0.4, -0.2) is 64.6 Å². The number of benzene rings is 5. The van der Waals surface area contributed by atoms with Crippen LogP contribution in [0.3, 0.4) is 0 Å². The summed E-state index contributed by atoms with van der Waals surface area (Å²) in [6.45, 7) is 3.27. The van der Waals surface area contributed by atoms with E-state index in [0.717, 1.165) is 21.5 Å². The molecule has 0 aromatic heterocycles. The van der Waals surface area contributed by atoms with Crippen molar-refractivity contribution in [3.8, 4) is 5.75 Å². The van der Waals surface area contributed by atoms with Crippen molar-refractivity contribution in [2.24, 2.45) is 0 Å². The summed E-state index contributed by atoms with van der Waals surface area (Å²) < 4.78 is 22.6. The van der Waals surface area contributed by atoms with Gasteiger partial charge in [-0.2, -0.15) is 0 Å². The van der Waals surface area contributed by atoms with Crippen LogP contribution in [0.5, 0.6) is 5.75 Å². The summed E-state index contributed by atoms with van der Waals surface area (Å²) in [7, 11) is 0. The minimum Gasteiger partial charge on any atom is -0.489 e. The largest absolute Gasteiger partial charge is 0.489 e. The molecule has 0 aliphatic heterocycles. The molecule has 0 saturated carbocycles. The van der Waals surface area contributed by atoms with E-state index in [1.807, 2.05) is 78.9 Å². The molecule has 44 heavy (non-hydrogen) atoms. The highest BCUT2D eigenvalue weighted by atomic mass is 16.6. The lowest BCUT2D eigenvalue weighted by molar-refractivity contribution is 0.00992. The average molecular weight is 593 g/mol. The molecular weight excluding hydrogens is 556 g/mol. The van der Waals surface area contributed by atoms with Gasteiger partial charge in [-0.1, -0.05) is 66.7 Å². The third-order valence-corrected chi connectivity index (χ3v) is 6.92. The number of para-hydroxylation sites is 2. The highest BCUT2D eigenvalue weighted by molar-refractivity contribution is 6.15. The zero-order valence-electron chi connectivity index (χ0n) is 24.5. The number of hydrogen-bond donors (Lipinski definition) is 2. The molecule has 0 aliphatic carbocycles. The first-order valence-electron chi connectivity index (χ1n) is 14.7. The fourth-order valence-electron chi connectivity index (χ4n) is 4.73. The van der Waals surface area contributed by atoms with Crippen LogP contribution in [0, 0.1) is 0 Å².